The lowest BCUT2D eigenvalue weighted by molar-refractivity contribution is -0.144. The van der Waals surface area contributed by atoms with E-state index in [0.29, 0.717) is 25.6 Å². The molecular formula is C11H19NO5. The average molecular weight is 245 g/mol. The summed E-state index contributed by atoms with van der Waals surface area (Å²) in [5.41, 5.74) is 5.37. The first kappa shape index (κ1) is 13.9. The predicted octanol–water partition coefficient (Wildman–Crippen LogP) is 0.306. The Bertz CT molecular complexity index is 275. The molecule has 6 heteroatoms. The highest BCUT2D eigenvalue weighted by atomic mass is 16.5. The van der Waals surface area contributed by atoms with E-state index < -0.39 is 23.9 Å². The lowest BCUT2D eigenvalue weighted by atomic mass is 9.86. The van der Waals surface area contributed by atoms with Gasteiger partial charge in [-0.2, -0.15) is 0 Å². The van der Waals surface area contributed by atoms with E-state index in [9.17, 15) is 9.59 Å². The molecule has 0 spiro atoms. The zero-order chi connectivity index (χ0) is 12.8. The fraction of sp³-hybridized carbons (Fsp3) is 0.818. The zero-order valence-electron chi connectivity index (χ0n) is 9.67. The Hall–Kier alpha value is -1.14. The number of hydrogen-bond donors (Lipinski definition) is 3. The second-order valence-electron chi connectivity index (χ2n) is 4.51. The second-order valence-corrected chi connectivity index (χ2v) is 4.51. The largest absolute Gasteiger partial charge is 0.481 e. The van der Waals surface area contributed by atoms with Gasteiger partial charge in [0.05, 0.1) is 5.92 Å². The number of ether oxygens (including phenoxy) is 1. The first-order valence-electron chi connectivity index (χ1n) is 5.79. The van der Waals surface area contributed by atoms with E-state index >= 15 is 0 Å². The van der Waals surface area contributed by atoms with E-state index in [0.717, 1.165) is 12.8 Å². The van der Waals surface area contributed by atoms with Crippen molar-refractivity contribution >= 4 is 11.9 Å². The molecule has 0 amide bonds. The van der Waals surface area contributed by atoms with E-state index in [1.807, 2.05) is 0 Å². The third kappa shape index (κ3) is 4.70. The molecule has 0 aromatic rings. The zero-order valence-corrected chi connectivity index (χ0v) is 9.67. The Balaban J connectivity index is 2.47. The highest BCUT2D eigenvalue weighted by Crippen LogP contribution is 2.25. The Kier molecular flexibility index (Phi) is 5.37. The highest BCUT2D eigenvalue weighted by molar-refractivity contribution is 5.75. The molecule has 1 heterocycles. The van der Waals surface area contributed by atoms with Crippen molar-refractivity contribution in [3.8, 4) is 0 Å². The van der Waals surface area contributed by atoms with E-state index in [2.05, 4.69) is 0 Å². The van der Waals surface area contributed by atoms with Crippen LogP contribution in [0.25, 0.3) is 0 Å². The molecule has 17 heavy (non-hydrogen) atoms. The minimum absolute atomic E-state index is 0.0119. The van der Waals surface area contributed by atoms with Crippen molar-refractivity contribution in [3.05, 3.63) is 0 Å². The van der Waals surface area contributed by atoms with Crippen LogP contribution in [0.1, 0.15) is 25.7 Å². The second kappa shape index (κ2) is 6.56. The fourth-order valence-corrected chi connectivity index (χ4v) is 2.09. The molecule has 1 rings (SSSR count). The van der Waals surface area contributed by atoms with Crippen molar-refractivity contribution in [2.75, 3.05) is 13.2 Å². The van der Waals surface area contributed by atoms with Gasteiger partial charge in [-0.15, -0.1) is 0 Å². The van der Waals surface area contributed by atoms with Gasteiger partial charge in [-0.05, 0) is 31.6 Å². The molecule has 0 aromatic heterocycles. The summed E-state index contributed by atoms with van der Waals surface area (Å²) in [6, 6.07) is -1.10. The summed E-state index contributed by atoms with van der Waals surface area (Å²) in [6.07, 6.45) is 2.15. The third-order valence-electron chi connectivity index (χ3n) is 3.16. The van der Waals surface area contributed by atoms with Crippen LogP contribution in [-0.2, 0) is 14.3 Å². The lowest BCUT2D eigenvalue weighted by Crippen LogP contribution is -2.35. The van der Waals surface area contributed by atoms with Crippen molar-refractivity contribution in [1.29, 1.82) is 0 Å². The van der Waals surface area contributed by atoms with Gasteiger partial charge in [-0.3, -0.25) is 9.59 Å². The summed E-state index contributed by atoms with van der Waals surface area (Å²) >= 11 is 0. The molecule has 0 bridgehead atoms. The number of rotatable bonds is 6. The van der Waals surface area contributed by atoms with Crippen LogP contribution in [0.4, 0.5) is 0 Å². The maximum Gasteiger partial charge on any atom is 0.320 e. The molecule has 6 nitrogen and oxygen atoms in total. The normalized spacial score (nSPS) is 20.8. The standard InChI is InChI=1S/C11H19NO5/c12-9(11(15)16)6-8(10(13)14)5-7-1-3-17-4-2-7/h7-9H,1-6,12H2,(H,13,14)(H,15,16). The molecule has 4 N–H and O–H groups in total. The average Bonchev–Trinajstić information content (AvgIpc) is 2.29. The smallest absolute Gasteiger partial charge is 0.320 e. The summed E-state index contributed by atoms with van der Waals surface area (Å²) in [4.78, 5) is 21.7. The number of hydrogen-bond acceptors (Lipinski definition) is 4. The van der Waals surface area contributed by atoms with Gasteiger partial charge in [-0.1, -0.05) is 0 Å². The van der Waals surface area contributed by atoms with Crippen LogP contribution >= 0.6 is 0 Å². The van der Waals surface area contributed by atoms with E-state index in [4.69, 9.17) is 20.7 Å². The Morgan fingerprint density at radius 1 is 1.24 bits per heavy atom. The van der Waals surface area contributed by atoms with Gasteiger partial charge in [0.1, 0.15) is 6.04 Å². The molecule has 1 aliphatic heterocycles. The molecule has 98 valence electrons. The molecule has 0 saturated carbocycles. The van der Waals surface area contributed by atoms with Gasteiger partial charge in [0.15, 0.2) is 0 Å². The SMILES string of the molecule is NC(CC(CC1CCOCC1)C(=O)O)C(=O)O. The number of carbonyl (C=O) groups is 2. The van der Waals surface area contributed by atoms with Gasteiger partial charge in [-0.25, -0.2) is 0 Å². The molecule has 2 unspecified atom stereocenters. The first-order valence-corrected chi connectivity index (χ1v) is 5.79. The van der Waals surface area contributed by atoms with Gasteiger partial charge in [0.25, 0.3) is 0 Å². The summed E-state index contributed by atoms with van der Waals surface area (Å²) < 4.78 is 5.19. The molecule has 1 fully saturated rings. The lowest BCUT2D eigenvalue weighted by Gasteiger charge is -2.25. The van der Waals surface area contributed by atoms with E-state index in [1.165, 1.54) is 0 Å². The first-order chi connectivity index (χ1) is 8.00. The molecule has 0 radical (unpaired) electrons. The van der Waals surface area contributed by atoms with Crippen LogP contribution in [0.3, 0.4) is 0 Å². The summed E-state index contributed by atoms with van der Waals surface area (Å²) in [5.74, 6) is -2.49. The number of aliphatic carboxylic acids is 2. The minimum Gasteiger partial charge on any atom is -0.481 e. The van der Waals surface area contributed by atoms with Crippen LogP contribution in [-0.4, -0.2) is 41.4 Å². The van der Waals surface area contributed by atoms with Crippen molar-refractivity contribution in [2.24, 2.45) is 17.6 Å². The Morgan fingerprint density at radius 2 is 1.82 bits per heavy atom. The van der Waals surface area contributed by atoms with E-state index in [-0.39, 0.29) is 6.42 Å². The van der Waals surface area contributed by atoms with Crippen molar-refractivity contribution in [2.45, 2.75) is 31.7 Å². The van der Waals surface area contributed by atoms with Gasteiger partial charge < -0.3 is 20.7 Å². The van der Waals surface area contributed by atoms with Crippen LogP contribution in [0.15, 0.2) is 0 Å². The molecule has 0 aromatic carbocycles. The summed E-state index contributed by atoms with van der Waals surface area (Å²) in [6.45, 7) is 1.31. The molecule has 0 aliphatic carbocycles. The fourth-order valence-electron chi connectivity index (χ4n) is 2.09. The Morgan fingerprint density at radius 3 is 2.29 bits per heavy atom. The van der Waals surface area contributed by atoms with Crippen LogP contribution in [0, 0.1) is 11.8 Å². The topological polar surface area (TPSA) is 110 Å². The predicted molar refractivity (Wildman–Crippen MR) is 59.5 cm³/mol. The maximum absolute atomic E-state index is 11.1. The van der Waals surface area contributed by atoms with Crippen LogP contribution in [0.2, 0.25) is 0 Å². The summed E-state index contributed by atoms with van der Waals surface area (Å²) in [5, 5.41) is 17.7. The highest BCUT2D eigenvalue weighted by Gasteiger charge is 2.28. The van der Waals surface area contributed by atoms with Crippen LogP contribution < -0.4 is 5.73 Å². The van der Waals surface area contributed by atoms with Crippen LogP contribution in [0.5, 0.6) is 0 Å². The molecule has 2 atom stereocenters. The van der Waals surface area contributed by atoms with Crippen molar-refractivity contribution in [3.63, 3.8) is 0 Å². The molecule has 1 aliphatic rings. The number of nitrogens with two attached hydrogens (primary N) is 1. The third-order valence-corrected chi connectivity index (χ3v) is 3.16. The molecule has 1 saturated heterocycles. The van der Waals surface area contributed by atoms with Crippen molar-refractivity contribution < 1.29 is 24.5 Å². The van der Waals surface area contributed by atoms with Gasteiger partial charge in [0, 0.05) is 13.2 Å². The number of carboxylic acid groups (broad SMARTS) is 2. The maximum atomic E-state index is 11.1. The minimum atomic E-state index is -1.15. The monoisotopic (exact) mass is 245 g/mol. The Labute approximate surface area is 99.7 Å². The van der Waals surface area contributed by atoms with Gasteiger partial charge in [0.2, 0.25) is 0 Å². The quantitative estimate of drug-likeness (QED) is 0.621. The van der Waals surface area contributed by atoms with E-state index in [1.54, 1.807) is 0 Å². The number of carboxylic acids is 2. The van der Waals surface area contributed by atoms with Crippen molar-refractivity contribution in [1.82, 2.24) is 0 Å². The van der Waals surface area contributed by atoms with Gasteiger partial charge >= 0.3 is 11.9 Å². The summed E-state index contributed by atoms with van der Waals surface area (Å²) in [7, 11) is 0. The molecular weight excluding hydrogens is 226 g/mol.